The standard InChI is InChI=1S/C14H12N4O5/c1-9-5-6-11(8-13(9)18(22)23)16-14(19)15-10-3-2-4-12(7-10)17(20)21/h2-8H,1H3,(H2,15,16,19). The number of hydrogen-bond donors (Lipinski definition) is 2. The molecule has 23 heavy (non-hydrogen) atoms. The number of hydrogen-bond acceptors (Lipinski definition) is 5. The third-order valence-corrected chi connectivity index (χ3v) is 2.98. The Hall–Kier alpha value is -3.49. The number of nitro groups is 2. The van der Waals surface area contributed by atoms with Gasteiger partial charge < -0.3 is 10.6 Å². The zero-order valence-electron chi connectivity index (χ0n) is 12.0. The molecule has 0 aliphatic carbocycles. The summed E-state index contributed by atoms with van der Waals surface area (Å²) in [5.74, 6) is 0. The monoisotopic (exact) mass is 316 g/mol. The van der Waals surface area contributed by atoms with Crippen molar-refractivity contribution in [3.8, 4) is 0 Å². The van der Waals surface area contributed by atoms with Crippen molar-refractivity contribution in [2.75, 3.05) is 10.6 Å². The summed E-state index contributed by atoms with van der Waals surface area (Å²) in [7, 11) is 0. The van der Waals surface area contributed by atoms with E-state index in [0.717, 1.165) is 0 Å². The number of urea groups is 1. The Kier molecular flexibility index (Phi) is 4.50. The van der Waals surface area contributed by atoms with Gasteiger partial charge in [0.05, 0.1) is 9.85 Å². The predicted octanol–water partition coefficient (Wildman–Crippen LogP) is 3.46. The average molecular weight is 316 g/mol. The molecule has 2 aromatic rings. The second kappa shape index (κ2) is 6.52. The van der Waals surface area contributed by atoms with E-state index in [9.17, 15) is 25.0 Å². The van der Waals surface area contributed by atoms with E-state index < -0.39 is 15.9 Å². The minimum absolute atomic E-state index is 0.113. The number of non-ortho nitro benzene ring substituents is 1. The van der Waals surface area contributed by atoms with Crippen LogP contribution in [0.15, 0.2) is 42.5 Å². The van der Waals surface area contributed by atoms with Gasteiger partial charge in [-0.15, -0.1) is 0 Å². The molecule has 0 unspecified atom stereocenters. The van der Waals surface area contributed by atoms with Crippen LogP contribution in [-0.4, -0.2) is 15.9 Å². The largest absolute Gasteiger partial charge is 0.323 e. The van der Waals surface area contributed by atoms with Gasteiger partial charge in [-0.2, -0.15) is 0 Å². The zero-order valence-corrected chi connectivity index (χ0v) is 12.0. The Morgan fingerprint density at radius 2 is 1.61 bits per heavy atom. The molecule has 0 saturated carbocycles. The molecular formula is C14H12N4O5. The molecular weight excluding hydrogens is 304 g/mol. The molecule has 2 N–H and O–H groups in total. The average Bonchev–Trinajstić information content (AvgIpc) is 2.49. The van der Waals surface area contributed by atoms with Crippen molar-refractivity contribution in [2.45, 2.75) is 6.92 Å². The lowest BCUT2D eigenvalue weighted by Crippen LogP contribution is -2.19. The molecule has 0 aliphatic rings. The molecule has 0 aliphatic heterocycles. The van der Waals surface area contributed by atoms with Gasteiger partial charge >= 0.3 is 6.03 Å². The van der Waals surface area contributed by atoms with Crippen LogP contribution in [0.4, 0.5) is 27.5 Å². The predicted molar refractivity (Wildman–Crippen MR) is 83.6 cm³/mol. The van der Waals surface area contributed by atoms with Gasteiger partial charge in [0.2, 0.25) is 0 Å². The van der Waals surface area contributed by atoms with Crippen molar-refractivity contribution in [3.05, 3.63) is 68.3 Å². The summed E-state index contributed by atoms with van der Waals surface area (Å²) in [6, 6.07) is 9.04. The van der Waals surface area contributed by atoms with Crippen LogP contribution in [0.5, 0.6) is 0 Å². The van der Waals surface area contributed by atoms with Crippen LogP contribution in [0.25, 0.3) is 0 Å². The van der Waals surface area contributed by atoms with Gasteiger partial charge in [0.25, 0.3) is 11.4 Å². The van der Waals surface area contributed by atoms with E-state index in [2.05, 4.69) is 10.6 Å². The summed E-state index contributed by atoms with van der Waals surface area (Å²) in [5.41, 5.74) is 0.676. The van der Waals surface area contributed by atoms with Crippen molar-refractivity contribution in [1.82, 2.24) is 0 Å². The normalized spacial score (nSPS) is 9.96. The smallest absolute Gasteiger partial charge is 0.307 e. The topological polar surface area (TPSA) is 127 Å². The van der Waals surface area contributed by atoms with Gasteiger partial charge in [-0.1, -0.05) is 12.1 Å². The number of anilines is 2. The van der Waals surface area contributed by atoms with Crippen molar-refractivity contribution >= 4 is 28.8 Å². The number of amides is 2. The highest BCUT2D eigenvalue weighted by Gasteiger charge is 2.13. The number of carbonyl (C=O) groups excluding carboxylic acids is 1. The third kappa shape index (κ3) is 4.00. The first kappa shape index (κ1) is 15.9. The third-order valence-electron chi connectivity index (χ3n) is 2.98. The zero-order chi connectivity index (χ0) is 17.0. The molecule has 2 aromatic carbocycles. The van der Waals surface area contributed by atoms with Crippen molar-refractivity contribution in [3.63, 3.8) is 0 Å². The van der Waals surface area contributed by atoms with Crippen LogP contribution >= 0.6 is 0 Å². The van der Waals surface area contributed by atoms with Crippen molar-refractivity contribution in [2.24, 2.45) is 0 Å². The first-order chi connectivity index (χ1) is 10.9. The fourth-order valence-electron chi connectivity index (χ4n) is 1.87. The van der Waals surface area contributed by atoms with Gasteiger partial charge in [0.1, 0.15) is 0 Å². The Balaban J connectivity index is 2.11. The van der Waals surface area contributed by atoms with E-state index >= 15 is 0 Å². The molecule has 0 heterocycles. The molecule has 0 atom stereocenters. The summed E-state index contributed by atoms with van der Waals surface area (Å²) < 4.78 is 0. The molecule has 0 saturated heterocycles. The maximum absolute atomic E-state index is 11.9. The van der Waals surface area contributed by atoms with Crippen LogP contribution in [0.2, 0.25) is 0 Å². The summed E-state index contributed by atoms with van der Waals surface area (Å²) >= 11 is 0. The quantitative estimate of drug-likeness (QED) is 0.659. The SMILES string of the molecule is Cc1ccc(NC(=O)Nc2cccc([N+](=O)[O-])c2)cc1[N+](=O)[O-]. The Labute approximate surface area is 130 Å². The Morgan fingerprint density at radius 3 is 2.22 bits per heavy atom. The van der Waals surface area contributed by atoms with Crippen molar-refractivity contribution < 1.29 is 14.6 Å². The van der Waals surface area contributed by atoms with Gasteiger partial charge in [0.15, 0.2) is 0 Å². The van der Waals surface area contributed by atoms with E-state index in [1.807, 2.05) is 0 Å². The molecule has 2 rings (SSSR count). The van der Waals surface area contributed by atoms with Gasteiger partial charge in [-0.05, 0) is 19.1 Å². The maximum atomic E-state index is 11.9. The Bertz CT molecular complexity index is 790. The Morgan fingerprint density at radius 1 is 0.957 bits per heavy atom. The van der Waals surface area contributed by atoms with E-state index in [1.165, 1.54) is 42.5 Å². The highest BCUT2D eigenvalue weighted by Crippen LogP contribution is 2.23. The molecule has 2 amide bonds. The second-order valence-electron chi connectivity index (χ2n) is 4.64. The van der Waals surface area contributed by atoms with Crippen LogP contribution in [-0.2, 0) is 0 Å². The molecule has 0 spiro atoms. The highest BCUT2D eigenvalue weighted by atomic mass is 16.6. The number of nitro benzene ring substituents is 2. The summed E-state index contributed by atoms with van der Waals surface area (Å²) in [6.45, 7) is 1.59. The van der Waals surface area contributed by atoms with Gasteiger partial charge in [-0.3, -0.25) is 20.2 Å². The van der Waals surface area contributed by atoms with Crippen LogP contribution in [0, 0.1) is 27.2 Å². The lowest BCUT2D eigenvalue weighted by atomic mass is 10.2. The molecule has 9 heteroatoms. The van der Waals surface area contributed by atoms with E-state index in [-0.39, 0.29) is 22.7 Å². The summed E-state index contributed by atoms with van der Waals surface area (Å²) in [6.07, 6.45) is 0. The second-order valence-corrected chi connectivity index (χ2v) is 4.64. The fourth-order valence-corrected chi connectivity index (χ4v) is 1.87. The number of rotatable bonds is 4. The minimum Gasteiger partial charge on any atom is -0.307 e. The molecule has 0 fully saturated rings. The van der Waals surface area contributed by atoms with Gasteiger partial charge in [-0.25, -0.2) is 4.79 Å². The molecule has 0 bridgehead atoms. The molecule has 9 nitrogen and oxygen atoms in total. The first-order valence-corrected chi connectivity index (χ1v) is 6.44. The number of aryl methyl sites for hydroxylation is 1. The first-order valence-electron chi connectivity index (χ1n) is 6.44. The molecule has 0 aromatic heterocycles. The van der Waals surface area contributed by atoms with E-state index in [4.69, 9.17) is 0 Å². The number of carbonyl (C=O) groups is 1. The van der Waals surface area contributed by atoms with Crippen LogP contribution in [0.3, 0.4) is 0 Å². The minimum atomic E-state index is -0.663. The van der Waals surface area contributed by atoms with Crippen molar-refractivity contribution in [1.29, 1.82) is 0 Å². The van der Waals surface area contributed by atoms with Crippen LogP contribution in [0.1, 0.15) is 5.56 Å². The number of nitrogens with zero attached hydrogens (tertiary/aromatic N) is 2. The number of nitrogens with one attached hydrogen (secondary N) is 2. The summed E-state index contributed by atoms with van der Waals surface area (Å²) in [5, 5.41) is 26.4. The molecule has 118 valence electrons. The fraction of sp³-hybridized carbons (Fsp3) is 0.0714. The maximum Gasteiger partial charge on any atom is 0.323 e. The van der Waals surface area contributed by atoms with Crippen LogP contribution < -0.4 is 10.6 Å². The summed E-state index contributed by atoms with van der Waals surface area (Å²) in [4.78, 5) is 32.3. The lowest BCUT2D eigenvalue weighted by Gasteiger charge is -2.08. The van der Waals surface area contributed by atoms with E-state index in [1.54, 1.807) is 6.92 Å². The molecule has 0 radical (unpaired) electrons. The lowest BCUT2D eigenvalue weighted by molar-refractivity contribution is -0.385. The van der Waals surface area contributed by atoms with E-state index in [0.29, 0.717) is 5.56 Å². The van der Waals surface area contributed by atoms with Gasteiger partial charge in [0, 0.05) is 35.1 Å². The number of benzene rings is 2. The highest BCUT2D eigenvalue weighted by molar-refractivity contribution is 6.00.